The van der Waals surface area contributed by atoms with E-state index >= 15 is 0 Å². The average molecular weight is 388 g/mol. The number of carbonyl (C=O) groups excluding carboxylic acids is 2. The summed E-state index contributed by atoms with van der Waals surface area (Å²) in [5.74, 6) is -0.0607. The molecule has 0 spiro atoms. The Morgan fingerprint density at radius 3 is 2.64 bits per heavy atom. The molecule has 0 aliphatic heterocycles. The maximum absolute atomic E-state index is 11.9. The predicted octanol–water partition coefficient (Wildman–Crippen LogP) is 4.00. The number of esters is 1. The van der Waals surface area contributed by atoms with Gasteiger partial charge in [-0.05, 0) is 43.9 Å². The summed E-state index contributed by atoms with van der Waals surface area (Å²) < 4.78 is 10.4. The van der Waals surface area contributed by atoms with E-state index in [1.54, 1.807) is 12.1 Å². The van der Waals surface area contributed by atoms with Crippen molar-refractivity contribution in [1.82, 2.24) is 5.32 Å². The number of ether oxygens (including phenoxy) is 2. The van der Waals surface area contributed by atoms with E-state index in [2.05, 4.69) is 5.32 Å². The van der Waals surface area contributed by atoms with Gasteiger partial charge in [-0.25, -0.2) is 4.79 Å². The molecule has 138 valence electrons. The first-order chi connectivity index (χ1) is 12.0. The van der Waals surface area contributed by atoms with Crippen molar-refractivity contribution in [2.45, 2.75) is 45.1 Å². The van der Waals surface area contributed by atoms with Crippen LogP contribution < -0.4 is 10.1 Å². The zero-order valence-electron chi connectivity index (χ0n) is 14.2. The van der Waals surface area contributed by atoms with E-state index in [0.717, 1.165) is 12.8 Å². The standard InChI is InChI=1S/C18H23Cl2NO4/c1-12(25-16-8-7-14(19)9-15(16)20)18(23)24-11-17(22)21-10-13-5-3-2-4-6-13/h7-9,12-13H,2-6,10-11H2,1H3,(H,21,22)/t12-/m0/s1. The fourth-order valence-electron chi connectivity index (χ4n) is 2.76. The van der Waals surface area contributed by atoms with Gasteiger partial charge in [0.25, 0.3) is 5.91 Å². The molecule has 1 aliphatic carbocycles. The lowest BCUT2D eigenvalue weighted by atomic mass is 9.89. The summed E-state index contributed by atoms with van der Waals surface area (Å²) in [4.78, 5) is 23.7. The summed E-state index contributed by atoms with van der Waals surface area (Å²) in [5.41, 5.74) is 0. The molecule has 0 aromatic heterocycles. The van der Waals surface area contributed by atoms with Crippen LogP contribution in [0, 0.1) is 5.92 Å². The zero-order chi connectivity index (χ0) is 18.2. The largest absolute Gasteiger partial charge is 0.477 e. The average Bonchev–Trinajstić information content (AvgIpc) is 2.61. The number of halogens is 2. The van der Waals surface area contributed by atoms with Crippen LogP contribution in [-0.4, -0.2) is 31.1 Å². The van der Waals surface area contributed by atoms with Gasteiger partial charge < -0.3 is 14.8 Å². The van der Waals surface area contributed by atoms with Crippen molar-refractivity contribution < 1.29 is 19.1 Å². The van der Waals surface area contributed by atoms with Crippen molar-refractivity contribution in [2.24, 2.45) is 5.92 Å². The smallest absolute Gasteiger partial charge is 0.347 e. The Morgan fingerprint density at radius 1 is 1.24 bits per heavy atom. The number of amides is 1. The number of nitrogens with one attached hydrogen (secondary N) is 1. The van der Waals surface area contributed by atoms with Crippen LogP contribution in [0.4, 0.5) is 0 Å². The second kappa shape index (κ2) is 9.88. The molecule has 0 heterocycles. The molecule has 1 aliphatic rings. The molecule has 5 nitrogen and oxygen atoms in total. The van der Waals surface area contributed by atoms with Crippen molar-refractivity contribution in [3.63, 3.8) is 0 Å². The van der Waals surface area contributed by atoms with Gasteiger partial charge in [0, 0.05) is 11.6 Å². The summed E-state index contributed by atoms with van der Waals surface area (Å²) >= 11 is 11.8. The fourth-order valence-corrected chi connectivity index (χ4v) is 3.22. The lowest BCUT2D eigenvalue weighted by Crippen LogP contribution is -2.35. The Labute approximate surface area is 158 Å². The first-order valence-corrected chi connectivity index (χ1v) is 9.26. The summed E-state index contributed by atoms with van der Waals surface area (Å²) in [6.45, 7) is 1.86. The van der Waals surface area contributed by atoms with E-state index in [0.29, 0.717) is 28.3 Å². The quantitative estimate of drug-likeness (QED) is 0.718. The topological polar surface area (TPSA) is 64.6 Å². The predicted molar refractivity (Wildman–Crippen MR) is 97.1 cm³/mol. The highest BCUT2D eigenvalue weighted by Gasteiger charge is 2.20. The number of hydrogen-bond acceptors (Lipinski definition) is 4. The Morgan fingerprint density at radius 2 is 1.96 bits per heavy atom. The molecule has 1 N–H and O–H groups in total. The van der Waals surface area contributed by atoms with Crippen molar-refractivity contribution in [1.29, 1.82) is 0 Å². The molecule has 0 radical (unpaired) electrons. The van der Waals surface area contributed by atoms with Gasteiger partial charge in [0.1, 0.15) is 5.75 Å². The van der Waals surface area contributed by atoms with Crippen LogP contribution in [0.3, 0.4) is 0 Å². The number of benzene rings is 1. The molecule has 1 atom stereocenters. The van der Waals surface area contributed by atoms with Gasteiger partial charge in [-0.15, -0.1) is 0 Å². The monoisotopic (exact) mass is 387 g/mol. The van der Waals surface area contributed by atoms with Gasteiger partial charge in [-0.3, -0.25) is 4.79 Å². The van der Waals surface area contributed by atoms with Crippen LogP contribution >= 0.6 is 23.2 Å². The van der Waals surface area contributed by atoms with Crippen molar-refractivity contribution >= 4 is 35.1 Å². The van der Waals surface area contributed by atoms with Crippen molar-refractivity contribution in [3.8, 4) is 5.75 Å². The number of carbonyl (C=O) groups is 2. The molecule has 0 saturated heterocycles. The van der Waals surface area contributed by atoms with E-state index in [-0.39, 0.29) is 12.5 Å². The minimum absolute atomic E-state index is 0.296. The van der Waals surface area contributed by atoms with Crippen LogP contribution in [0.2, 0.25) is 10.0 Å². The van der Waals surface area contributed by atoms with E-state index in [4.69, 9.17) is 32.7 Å². The van der Waals surface area contributed by atoms with Crippen LogP contribution in [0.1, 0.15) is 39.0 Å². The van der Waals surface area contributed by atoms with Crippen molar-refractivity contribution in [3.05, 3.63) is 28.2 Å². The Kier molecular flexibility index (Phi) is 7.85. The molecule has 1 aromatic rings. The van der Waals surface area contributed by atoms with Crippen LogP contribution in [0.5, 0.6) is 5.75 Å². The number of hydrogen-bond donors (Lipinski definition) is 1. The molecule has 2 rings (SSSR count). The summed E-state index contributed by atoms with van der Waals surface area (Å²) in [6, 6.07) is 4.71. The molecular weight excluding hydrogens is 365 g/mol. The molecule has 1 saturated carbocycles. The maximum Gasteiger partial charge on any atom is 0.347 e. The van der Waals surface area contributed by atoms with Crippen LogP contribution in [0.25, 0.3) is 0 Å². The zero-order valence-corrected chi connectivity index (χ0v) is 15.7. The lowest BCUT2D eigenvalue weighted by molar-refractivity contribution is -0.154. The molecular formula is C18H23Cl2NO4. The normalized spacial score (nSPS) is 16.1. The second-order valence-electron chi connectivity index (χ2n) is 6.25. The first kappa shape index (κ1) is 19.9. The Hall–Kier alpha value is -1.46. The molecule has 1 amide bonds. The third kappa shape index (κ3) is 6.75. The van der Waals surface area contributed by atoms with Gasteiger partial charge >= 0.3 is 5.97 Å². The highest BCUT2D eigenvalue weighted by molar-refractivity contribution is 6.35. The van der Waals surface area contributed by atoms with E-state index in [9.17, 15) is 9.59 Å². The van der Waals surface area contributed by atoms with Crippen molar-refractivity contribution in [2.75, 3.05) is 13.2 Å². The molecule has 0 bridgehead atoms. The molecule has 1 fully saturated rings. The van der Waals surface area contributed by atoms with Gasteiger partial charge in [-0.2, -0.15) is 0 Å². The Balaban J connectivity index is 1.70. The third-order valence-electron chi connectivity index (χ3n) is 4.19. The second-order valence-corrected chi connectivity index (χ2v) is 7.09. The highest BCUT2D eigenvalue weighted by atomic mass is 35.5. The van der Waals surface area contributed by atoms with E-state index in [1.165, 1.54) is 32.3 Å². The highest BCUT2D eigenvalue weighted by Crippen LogP contribution is 2.28. The van der Waals surface area contributed by atoms with Gasteiger partial charge in [0.05, 0.1) is 5.02 Å². The van der Waals surface area contributed by atoms with Gasteiger partial charge in [0.2, 0.25) is 0 Å². The third-order valence-corrected chi connectivity index (χ3v) is 4.72. The summed E-state index contributed by atoms with van der Waals surface area (Å²) in [5, 5.41) is 3.60. The lowest BCUT2D eigenvalue weighted by Gasteiger charge is -2.21. The van der Waals surface area contributed by atoms with Gasteiger partial charge in [-0.1, -0.05) is 42.5 Å². The molecule has 25 heavy (non-hydrogen) atoms. The maximum atomic E-state index is 11.9. The molecule has 0 unspecified atom stereocenters. The minimum Gasteiger partial charge on any atom is -0.477 e. The van der Waals surface area contributed by atoms with Crippen LogP contribution in [-0.2, 0) is 14.3 Å². The fraction of sp³-hybridized carbons (Fsp3) is 0.556. The first-order valence-electron chi connectivity index (χ1n) is 8.50. The molecule has 1 aromatic carbocycles. The Bertz CT molecular complexity index is 603. The summed E-state index contributed by atoms with van der Waals surface area (Å²) in [7, 11) is 0. The van der Waals surface area contributed by atoms with Crippen LogP contribution in [0.15, 0.2) is 18.2 Å². The number of rotatable bonds is 7. The summed E-state index contributed by atoms with van der Waals surface area (Å²) in [6.07, 6.45) is 5.12. The SMILES string of the molecule is C[C@H](Oc1ccc(Cl)cc1Cl)C(=O)OCC(=O)NCC1CCCCC1. The van der Waals surface area contributed by atoms with Gasteiger partial charge in [0.15, 0.2) is 12.7 Å². The van der Waals surface area contributed by atoms with E-state index in [1.807, 2.05) is 0 Å². The molecule has 7 heteroatoms. The minimum atomic E-state index is -0.884. The van der Waals surface area contributed by atoms with E-state index < -0.39 is 12.1 Å².